The summed E-state index contributed by atoms with van der Waals surface area (Å²) < 4.78 is 47.3. The lowest BCUT2D eigenvalue weighted by Crippen LogP contribution is -2.50. The summed E-state index contributed by atoms with van der Waals surface area (Å²) in [6, 6.07) is 16.4. The number of likely N-dealkylation sites (N-methyl/N-ethyl adjacent to an activating group) is 1. The Hall–Kier alpha value is -3.63. The summed E-state index contributed by atoms with van der Waals surface area (Å²) in [5, 5.41) is 3.04. The number of sulfonamides is 1. The number of rotatable bonds is 11. The summed E-state index contributed by atoms with van der Waals surface area (Å²) in [5.74, 6) is -1.10. The first-order valence-corrected chi connectivity index (χ1v) is 13.6. The Labute approximate surface area is 227 Å². The first-order valence-electron chi connectivity index (χ1n) is 11.8. The van der Waals surface area contributed by atoms with Crippen molar-refractivity contribution in [1.82, 2.24) is 10.2 Å². The van der Waals surface area contributed by atoms with Gasteiger partial charge in [0, 0.05) is 18.6 Å². The fraction of sp³-hybridized carbons (Fsp3) is 0.259. The van der Waals surface area contributed by atoms with Crippen LogP contribution in [0.1, 0.15) is 19.4 Å². The molecule has 0 aliphatic heterocycles. The zero-order valence-electron chi connectivity index (χ0n) is 21.2. The monoisotopic (exact) mass is 561 g/mol. The predicted octanol–water partition coefficient (Wildman–Crippen LogP) is 4.24. The Kier molecular flexibility index (Phi) is 9.71. The summed E-state index contributed by atoms with van der Waals surface area (Å²) in [7, 11) is -2.84. The number of carbonyl (C=O) groups is 2. The Balaban J connectivity index is 2.02. The molecule has 3 aromatic carbocycles. The average Bonchev–Trinajstić information content (AvgIpc) is 2.91. The number of hydrogen-bond acceptors (Lipinski definition) is 5. The molecule has 1 atom stereocenters. The second-order valence-corrected chi connectivity index (χ2v) is 10.6. The third-order valence-electron chi connectivity index (χ3n) is 5.80. The van der Waals surface area contributed by atoms with Gasteiger partial charge in [0.2, 0.25) is 11.8 Å². The van der Waals surface area contributed by atoms with E-state index in [2.05, 4.69) is 5.32 Å². The van der Waals surface area contributed by atoms with Crippen LogP contribution in [0.4, 0.5) is 10.1 Å². The van der Waals surface area contributed by atoms with Gasteiger partial charge in [-0.1, -0.05) is 23.7 Å². The minimum atomic E-state index is -4.29. The van der Waals surface area contributed by atoms with E-state index in [4.69, 9.17) is 16.3 Å². The van der Waals surface area contributed by atoms with Gasteiger partial charge >= 0.3 is 0 Å². The maximum Gasteiger partial charge on any atom is 0.264 e. The molecular weight excluding hydrogens is 533 g/mol. The Morgan fingerprint density at radius 2 is 1.61 bits per heavy atom. The molecule has 202 valence electrons. The first-order chi connectivity index (χ1) is 18.1. The van der Waals surface area contributed by atoms with Crippen molar-refractivity contribution in [2.24, 2.45) is 0 Å². The Morgan fingerprint density at radius 1 is 1.00 bits per heavy atom. The molecule has 0 radical (unpaired) electrons. The van der Waals surface area contributed by atoms with Gasteiger partial charge in [0.05, 0.1) is 17.2 Å². The molecule has 0 saturated heterocycles. The van der Waals surface area contributed by atoms with Gasteiger partial charge in [-0.2, -0.15) is 0 Å². The highest BCUT2D eigenvalue weighted by Crippen LogP contribution is 2.27. The largest absolute Gasteiger partial charge is 0.494 e. The first kappa shape index (κ1) is 28.9. The van der Waals surface area contributed by atoms with Crippen molar-refractivity contribution in [2.45, 2.75) is 31.3 Å². The van der Waals surface area contributed by atoms with E-state index in [1.54, 1.807) is 43.3 Å². The van der Waals surface area contributed by atoms with Gasteiger partial charge in [0.15, 0.2) is 0 Å². The highest BCUT2D eigenvalue weighted by atomic mass is 35.5. The number of benzene rings is 3. The lowest BCUT2D eigenvalue weighted by molar-refractivity contribution is -0.139. The molecule has 3 rings (SSSR count). The molecule has 1 N–H and O–H groups in total. The Morgan fingerprint density at radius 3 is 2.16 bits per heavy atom. The number of nitrogens with one attached hydrogen (secondary N) is 1. The second kappa shape index (κ2) is 12.7. The van der Waals surface area contributed by atoms with Gasteiger partial charge in [0.25, 0.3) is 10.0 Å². The lowest BCUT2D eigenvalue weighted by Gasteiger charge is -2.31. The average molecular weight is 562 g/mol. The van der Waals surface area contributed by atoms with Crippen molar-refractivity contribution < 1.29 is 27.1 Å². The maximum atomic E-state index is 13.7. The number of hydrogen-bond donors (Lipinski definition) is 1. The van der Waals surface area contributed by atoms with Crippen LogP contribution in [0.5, 0.6) is 5.75 Å². The van der Waals surface area contributed by atoms with Crippen LogP contribution in [0.25, 0.3) is 0 Å². The molecule has 2 amide bonds. The van der Waals surface area contributed by atoms with Crippen LogP contribution in [0, 0.1) is 5.82 Å². The Bertz CT molecular complexity index is 1350. The SMILES string of the molecule is CCOc1ccc(N(CC(=O)N(Cc2ccc(Cl)cc2)[C@@H](C)C(=O)NC)S(=O)(=O)c2ccc(F)cc2)cc1. The number of halogens is 2. The molecule has 11 heteroatoms. The van der Waals surface area contributed by atoms with E-state index >= 15 is 0 Å². The van der Waals surface area contributed by atoms with E-state index in [1.807, 2.05) is 6.92 Å². The van der Waals surface area contributed by atoms with Crippen molar-refractivity contribution in [2.75, 3.05) is 24.5 Å². The molecule has 0 unspecified atom stereocenters. The topological polar surface area (TPSA) is 96.0 Å². The highest BCUT2D eigenvalue weighted by Gasteiger charge is 2.32. The fourth-order valence-corrected chi connectivity index (χ4v) is 5.26. The summed E-state index contributed by atoms with van der Waals surface area (Å²) in [5.41, 5.74) is 0.901. The van der Waals surface area contributed by atoms with Gasteiger partial charge in [-0.05, 0) is 80.1 Å². The minimum Gasteiger partial charge on any atom is -0.494 e. The normalized spacial score (nSPS) is 11.9. The third-order valence-corrected chi connectivity index (χ3v) is 7.84. The van der Waals surface area contributed by atoms with Crippen molar-refractivity contribution in [3.05, 3.63) is 89.2 Å². The van der Waals surface area contributed by atoms with E-state index in [9.17, 15) is 22.4 Å². The van der Waals surface area contributed by atoms with Gasteiger partial charge in [-0.15, -0.1) is 0 Å². The maximum absolute atomic E-state index is 13.7. The summed E-state index contributed by atoms with van der Waals surface area (Å²) >= 11 is 5.98. The molecule has 0 fully saturated rings. The van der Waals surface area contributed by atoms with Crippen LogP contribution in [-0.2, 0) is 26.2 Å². The lowest BCUT2D eigenvalue weighted by atomic mass is 10.1. The van der Waals surface area contributed by atoms with E-state index in [0.717, 1.165) is 28.6 Å². The van der Waals surface area contributed by atoms with E-state index in [1.165, 1.54) is 24.1 Å². The van der Waals surface area contributed by atoms with E-state index < -0.39 is 40.2 Å². The molecule has 0 aliphatic rings. The van der Waals surface area contributed by atoms with Crippen LogP contribution in [0.2, 0.25) is 5.02 Å². The zero-order valence-corrected chi connectivity index (χ0v) is 22.8. The molecule has 3 aromatic rings. The standard InChI is InChI=1S/C27H29ClFN3O5S/c1-4-37-24-13-11-23(12-14-24)32(38(35,36)25-15-9-22(29)10-16-25)18-26(33)31(19(2)27(34)30-3)17-20-5-7-21(28)8-6-20/h5-16,19H,4,17-18H2,1-3H3,(H,30,34)/t19-/m0/s1. The quantitative estimate of drug-likeness (QED) is 0.378. The third kappa shape index (κ3) is 7.02. The predicted molar refractivity (Wildman–Crippen MR) is 144 cm³/mol. The number of nitrogens with zero attached hydrogens (tertiary/aromatic N) is 2. The van der Waals surface area contributed by atoms with Crippen LogP contribution in [0.15, 0.2) is 77.7 Å². The van der Waals surface area contributed by atoms with Crippen LogP contribution in [0.3, 0.4) is 0 Å². The van der Waals surface area contributed by atoms with Gasteiger partial charge in [-0.25, -0.2) is 12.8 Å². The number of ether oxygens (including phenoxy) is 1. The number of amides is 2. The molecule has 0 bridgehead atoms. The van der Waals surface area contributed by atoms with Crippen LogP contribution < -0.4 is 14.4 Å². The van der Waals surface area contributed by atoms with Gasteiger partial charge in [-0.3, -0.25) is 13.9 Å². The molecule has 0 aliphatic carbocycles. The molecule has 0 heterocycles. The fourth-order valence-electron chi connectivity index (χ4n) is 3.72. The number of carbonyl (C=O) groups excluding carboxylic acids is 2. The smallest absolute Gasteiger partial charge is 0.264 e. The summed E-state index contributed by atoms with van der Waals surface area (Å²) in [4.78, 5) is 27.3. The summed E-state index contributed by atoms with van der Waals surface area (Å²) in [6.07, 6.45) is 0. The molecule has 8 nitrogen and oxygen atoms in total. The van der Waals surface area contributed by atoms with Crippen molar-refractivity contribution in [1.29, 1.82) is 0 Å². The molecule has 0 aromatic heterocycles. The van der Waals surface area contributed by atoms with E-state index in [0.29, 0.717) is 22.9 Å². The molecule has 38 heavy (non-hydrogen) atoms. The zero-order chi connectivity index (χ0) is 27.9. The van der Waals surface area contributed by atoms with Crippen molar-refractivity contribution in [3.8, 4) is 5.75 Å². The van der Waals surface area contributed by atoms with Crippen molar-refractivity contribution >= 4 is 39.1 Å². The van der Waals surface area contributed by atoms with Crippen LogP contribution in [-0.4, -0.2) is 51.4 Å². The highest BCUT2D eigenvalue weighted by molar-refractivity contribution is 7.92. The minimum absolute atomic E-state index is 0.0400. The molecule has 0 saturated carbocycles. The van der Waals surface area contributed by atoms with Crippen molar-refractivity contribution in [3.63, 3.8) is 0 Å². The van der Waals surface area contributed by atoms with Crippen LogP contribution >= 0.6 is 11.6 Å². The summed E-state index contributed by atoms with van der Waals surface area (Å²) in [6.45, 7) is 3.23. The number of anilines is 1. The van der Waals surface area contributed by atoms with Gasteiger partial charge < -0.3 is 15.0 Å². The second-order valence-electron chi connectivity index (χ2n) is 8.33. The van der Waals surface area contributed by atoms with E-state index in [-0.39, 0.29) is 17.1 Å². The molecular formula is C27H29ClFN3O5S. The molecule has 0 spiro atoms. The van der Waals surface area contributed by atoms with Gasteiger partial charge in [0.1, 0.15) is 24.2 Å².